The summed E-state index contributed by atoms with van der Waals surface area (Å²) >= 11 is 26.5. The molecule has 18 unspecified atom stereocenters. The molecule has 6 aromatic carbocycles. The van der Waals surface area contributed by atoms with E-state index in [-0.39, 0.29) is 78.1 Å². The molecule has 0 aliphatic carbocycles. The molecule has 7 aromatic rings. The largest absolute Gasteiger partial charge is 0.508 e. The van der Waals surface area contributed by atoms with E-state index in [0.29, 0.717) is 10.6 Å². The average Bonchev–Trinajstić information content (AvgIpc) is 0.767. The van der Waals surface area contributed by atoms with Crippen molar-refractivity contribution in [3.8, 4) is 57.1 Å². The van der Waals surface area contributed by atoms with Crippen LogP contribution in [0.3, 0.4) is 0 Å². The van der Waals surface area contributed by atoms with Gasteiger partial charge in [-0.3, -0.25) is 53.1 Å². The van der Waals surface area contributed by atoms with Crippen molar-refractivity contribution >= 4 is 105 Å². The van der Waals surface area contributed by atoms with Gasteiger partial charge in [0.15, 0.2) is 23.9 Å². The Kier molecular flexibility index (Phi) is 29.5. The van der Waals surface area contributed by atoms with Crippen molar-refractivity contribution in [2.24, 2.45) is 11.7 Å². The van der Waals surface area contributed by atoms with E-state index in [1.807, 2.05) is 13.8 Å². The third-order valence-electron chi connectivity index (χ3n) is 21.5. The highest BCUT2D eigenvalue weighted by molar-refractivity contribution is 6.42. The summed E-state index contributed by atoms with van der Waals surface area (Å²) < 4.78 is 40.7. The van der Waals surface area contributed by atoms with Gasteiger partial charge in [-0.15, -0.1) is 0 Å². The molecule has 125 heavy (non-hydrogen) atoms. The van der Waals surface area contributed by atoms with Gasteiger partial charge in [-0.1, -0.05) is 91.4 Å². The minimum Gasteiger partial charge on any atom is -0.508 e. The summed E-state index contributed by atoms with van der Waals surface area (Å²) in [5.74, 6) is -15.8. The van der Waals surface area contributed by atoms with Crippen LogP contribution in [0.1, 0.15) is 118 Å². The number of nitrogens with two attached hydrogens (primary N) is 1. The summed E-state index contributed by atoms with van der Waals surface area (Å²) in [5.41, 5.74) is 6.65. The zero-order valence-electron chi connectivity index (χ0n) is 67.5. The van der Waals surface area contributed by atoms with Crippen LogP contribution in [-0.4, -0.2) is 214 Å². The van der Waals surface area contributed by atoms with Gasteiger partial charge in [0, 0.05) is 55.0 Å². The fourth-order valence-electron chi connectivity index (χ4n) is 15.1. The molecule has 14 rings (SSSR count). The second kappa shape index (κ2) is 39.6. The number of phenolic OH excluding ortho intramolecular Hbond substituents is 3. The number of benzene rings is 6. The Morgan fingerprint density at radius 3 is 1.99 bits per heavy atom. The van der Waals surface area contributed by atoms with Gasteiger partial charge in [0.25, 0.3) is 5.91 Å². The number of hydrogen-bond donors (Lipinski definition) is 21. The van der Waals surface area contributed by atoms with Crippen LogP contribution in [0, 0.1) is 5.92 Å². The van der Waals surface area contributed by atoms with Crippen LogP contribution in [0.15, 0.2) is 114 Å². The van der Waals surface area contributed by atoms with E-state index in [9.17, 15) is 69.9 Å². The van der Waals surface area contributed by atoms with Crippen molar-refractivity contribution in [1.82, 2.24) is 62.9 Å². The number of amides is 9. The third kappa shape index (κ3) is 21.2. The van der Waals surface area contributed by atoms with E-state index in [0.717, 1.165) is 60.7 Å². The van der Waals surface area contributed by atoms with Crippen LogP contribution < -0.4 is 84.3 Å². The number of phenols is 3. The number of aliphatic hydroxyl groups excluding tert-OH is 6. The average molecular weight is 1820 g/mol. The third-order valence-corrected chi connectivity index (χ3v) is 22.8. The van der Waals surface area contributed by atoms with Crippen LogP contribution >= 0.6 is 46.4 Å². The van der Waals surface area contributed by atoms with Gasteiger partial charge >= 0.3 is 5.69 Å². The van der Waals surface area contributed by atoms with Gasteiger partial charge in [0.1, 0.15) is 101 Å². The topological polar surface area (TPSA) is 584 Å². The van der Waals surface area contributed by atoms with E-state index < -0.39 is 254 Å². The Morgan fingerprint density at radius 2 is 1.36 bits per heavy atom. The number of aliphatic hydroxyl groups is 6. The van der Waals surface area contributed by atoms with Crippen LogP contribution in [-0.2, 0) is 70.3 Å². The molecule has 11 bridgehead atoms. The molecule has 18 atom stereocenters. The maximum atomic E-state index is 16.3. The van der Waals surface area contributed by atoms with Crippen LogP contribution in [0.2, 0.25) is 20.1 Å². The minimum atomic E-state index is -2.38. The van der Waals surface area contributed by atoms with Gasteiger partial charge < -0.3 is 128 Å². The van der Waals surface area contributed by atoms with Crippen molar-refractivity contribution in [1.29, 1.82) is 0 Å². The lowest BCUT2D eigenvalue weighted by Crippen LogP contribution is -2.65. The lowest BCUT2D eigenvalue weighted by atomic mass is 9.85. The van der Waals surface area contributed by atoms with Crippen LogP contribution in [0.4, 0.5) is 5.82 Å². The number of aromatic nitrogens is 2. The van der Waals surface area contributed by atoms with Gasteiger partial charge in [0.05, 0.1) is 57.8 Å². The fraction of sp³-hybridized carbons (Fsp3) is 0.402. The predicted octanol–water partition coefficient (Wildman–Crippen LogP) is 2.04. The summed E-state index contributed by atoms with van der Waals surface area (Å²) in [7, 11) is 1.47. The smallest absolute Gasteiger partial charge is 0.349 e. The summed E-state index contributed by atoms with van der Waals surface area (Å²) in [5, 5.41) is 130. The first-order valence-corrected chi connectivity index (χ1v) is 40.9. The van der Waals surface area contributed by atoms with E-state index in [1.165, 1.54) is 61.1 Å². The first-order chi connectivity index (χ1) is 59.3. The Balaban J connectivity index is 0.998. The number of primary amides is 1. The summed E-state index contributed by atoms with van der Waals surface area (Å²) in [4.78, 5) is 150. The number of anilines is 1. The SMILES string of the molecule is CCNNC(=O)C1NC(=O)C2NC(=O)C(NC(=O)C3NC(=O)C(CC(N)=O)NC(=O)C(NC(=O)C(CC(C)C)NC)C(O)c4ccc(c(Cl)c4)Oc4cc3cc(c4OC3OC(CO)C(O)C(O)C3OC3CC(C)(NCCn4ccc(NC(=O)Cc5ccc(Cl)c(Cl)c5)nc4=O)C(O)C(C)O3)Oc3ccc(cc3Cl)C2O)c2ccc(O)c(c2)-c2c(O)cc(O)cc21. The minimum absolute atomic E-state index is 0.0378. The quantitative estimate of drug-likeness (QED) is 0.0432. The number of nitrogens with zero attached hydrogens (tertiary/aromatic N) is 2. The zero-order chi connectivity index (χ0) is 90.5. The van der Waals surface area contributed by atoms with Gasteiger partial charge in [0.2, 0.25) is 59.3 Å². The molecular weight excluding hydrogens is 1720 g/mol. The van der Waals surface area contributed by atoms with E-state index in [4.69, 9.17) is 80.6 Å². The van der Waals surface area contributed by atoms with Crippen molar-refractivity contribution in [3.63, 3.8) is 0 Å². The summed E-state index contributed by atoms with van der Waals surface area (Å²) in [6.45, 7) is 7.31. The van der Waals surface area contributed by atoms with Gasteiger partial charge in [-0.2, -0.15) is 4.98 Å². The number of carbonyl (C=O) groups is 9. The number of nitrogens with one attached hydrogen (secondary N) is 11. The Hall–Kier alpha value is -11.1. The molecule has 0 spiro atoms. The van der Waals surface area contributed by atoms with Crippen molar-refractivity contribution in [2.45, 2.75) is 176 Å². The summed E-state index contributed by atoms with van der Waals surface area (Å²) in [6.07, 6.45) is -18.2. The van der Waals surface area contributed by atoms with Gasteiger partial charge in [-0.05, 0) is 139 Å². The Bertz CT molecular complexity index is 5370. The number of rotatable bonds is 22. The van der Waals surface area contributed by atoms with Crippen molar-refractivity contribution in [3.05, 3.63) is 173 Å². The number of fused-ring (bicyclic) bond motifs is 15. The number of likely N-dealkylation sites (N-methyl/N-ethyl adjacent to an activating group) is 1. The first kappa shape index (κ1) is 93.1. The number of hydrazine groups is 1. The molecule has 39 nitrogen and oxygen atoms in total. The molecule has 7 aliphatic heterocycles. The number of halogens is 4. The molecule has 8 heterocycles. The zero-order valence-corrected chi connectivity index (χ0v) is 70.5. The molecule has 1 aromatic heterocycles. The Labute approximate surface area is 732 Å². The fourth-order valence-corrected chi connectivity index (χ4v) is 15.8. The second-order valence-electron chi connectivity index (χ2n) is 31.0. The van der Waals surface area contributed by atoms with Crippen molar-refractivity contribution in [2.75, 3.05) is 32.1 Å². The molecule has 9 amide bonds. The highest BCUT2D eigenvalue weighted by atomic mass is 35.5. The second-order valence-corrected chi connectivity index (χ2v) is 32.6. The van der Waals surface area contributed by atoms with Crippen LogP contribution in [0.5, 0.6) is 46.0 Å². The lowest BCUT2D eigenvalue weighted by Gasteiger charge is -2.48. The van der Waals surface area contributed by atoms with E-state index >= 15 is 24.0 Å². The van der Waals surface area contributed by atoms with Gasteiger partial charge in [-0.25, -0.2) is 10.2 Å². The normalized spacial score (nSPS) is 25.9. The van der Waals surface area contributed by atoms with E-state index in [2.05, 4.69) is 63.7 Å². The van der Waals surface area contributed by atoms with Crippen LogP contribution in [0.25, 0.3) is 11.1 Å². The highest BCUT2D eigenvalue weighted by Gasteiger charge is 2.52. The maximum absolute atomic E-state index is 16.3. The number of hydrogen-bond acceptors (Lipinski definition) is 29. The molecule has 43 heteroatoms. The maximum Gasteiger partial charge on any atom is 0.349 e. The number of ether oxygens (including phenoxy) is 6. The standard InChI is InChI=1S/C82H92Cl4N14O25/c1-7-90-99-79(118)63-42-28-40(102)29-50(104)60(42)41-23-36(9-13-49(41)103)61-75(114)98-65(78(117)96-63)67(108)38-11-15-52(46(86)25-38)122-54-27-39-26-53(121-51-14-10-37(24-45(51)85)66(107)64(97-73(112)47(88-6)20-33(2)3)77(116)91-48(30-56(87)105)74(113)94-62(39)76(115)95-61)70(54)125-80-71(69(110)68(109)55(32-101)123-80)124-59-31-82(5,72(111)34(4)120-59)89-17-19-100-18-16-57(93-81(100)119)92-58(106)22-35-8-12-43(83)44(84)21-35/h8-16,18,21,23-29,33-34,47-48,55,59,61-69,71-72,80,88-90,101-104,107-111H,7,17,19-20,22,30-32H2,1-6H3,(H2,87,105)(H,91,116)(H,94,113)(H,95,115)(H,96,117)(H,97,112)(H,98,114)(H,99,118)(H,92,93,106,119). The molecule has 668 valence electrons. The Morgan fingerprint density at radius 1 is 0.704 bits per heavy atom. The monoisotopic (exact) mass is 1810 g/mol. The molecule has 22 N–H and O–H groups in total. The molecule has 7 aliphatic rings. The first-order valence-electron chi connectivity index (χ1n) is 39.4. The lowest BCUT2D eigenvalue weighted by molar-refractivity contribution is -0.334. The summed E-state index contributed by atoms with van der Waals surface area (Å²) in [6, 6.07) is 5.90. The molecule has 0 saturated carbocycles. The number of aromatic hydroxyl groups is 3. The van der Waals surface area contributed by atoms with Crippen molar-refractivity contribution < 1.29 is 118 Å². The highest BCUT2D eigenvalue weighted by Crippen LogP contribution is 2.50. The predicted molar refractivity (Wildman–Crippen MR) is 445 cm³/mol. The molecule has 0 radical (unpaired) electrons. The molecule has 2 saturated heterocycles. The van der Waals surface area contributed by atoms with E-state index in [1.54, 1.807) is 19.9 Å². The molecular formula is C82H92Cl4N14O25. The molecule has 2 fully saturated rings. The number of carbonyl (C=O) groups excluding carboxylic acids is 9.